The second-order valence-corrected chi connectivity index (χ2v) is 6.56. The number of aliphatic hydroxyl groups is 1. The highest BCUT2D eigenvalue weighted by Crippen LogP contribution is 2.38. The topological polar surface area (TPSA) is 38.7 Å². The van der Waals surface area contributed by atoms with Gasteiger partial charge in [0, 0.05) is 0 Å². The molecule has 0 bridgehead atoms. The lowest BCUT2D eigenvalue weighted by Gasteiger charge is -2.32. The van der Waals surface area contributed by atoms with E-state index in [9.17, 15) is 5.11 Å². The van der Waals surface area contributed by atoms with Crippen LogP contribution in [0.15, 0.2) is 18.2 Å². The molecule has 1 aromatic rings. The highest BCUT2D eigenvalue weighted by atomic mass is 16.7. The number of fused-ring (bicyclic) bond motifs is 1. The van der Waals surface area contributed by atoms with Gasteiger partial charge in [-0.25, -0.2) is 0 Å². The molecular weight excluding hydrogens is 239 g/mol. The molecule has 1 unspecified atom stereocenters. The molecule has 1 N–H and O–H groups in total. The van der Waals surface area contributed by atoms with Gasteiger partial charge in [0.05, 0.1) is 17.3 Å². The van der Waals surface area contributed by atoms with Crippen molar-refractivity contribution in [2.75, 3.05) is 0 Å². The van der Waals surface area contributed by atoms with Gasteiger partial charge in [0.2, 0.25) is 0 Å². The molecule has 1 aromatic carbocycles. The number of aliphatic hydroxyl groups excluding tert-OH is 1. The Morgan fingerprint density at radius 1 is 1.16 bits per heavy atom. The predicted octanol–water partition coefficient (Wildman–Crippen LogP) is 1.97. The molecule has 1 fully saturated rings. The van der Waals surface area contributed by atoms with E-state index in [0.717, 1.165) is 23.9 Å². The van der Waals surface area contributed by atoms with Crippen LogP contribution in [-0.4, -0.2) is 23.4 Å². The van der Waals surface area contributed by atoms with Crippen molar-refractivity contribution in [3.63, 3.8) is 0 Å². The maximum Gasteiger partial charge on any atom is 0.495 e. The molecule has 0 saturated carbocycles. The molecule has 0 radical (unpaired) electrons. The molecule has 4 heteroatoms. The standard InChI is InChI=1S/C15H21BO3/c1-14(2)15(3,4)19-16(18-14)11-7-5-6-10-8-9-12(17)13(10)11/h5-7,12,17H,8-9H2,1-4H3. The second kappa shape index (κ2) is 4.08. The smallest absolute Gasteiger partial charge is 0.399 e. The first-order valence-electron chi connectivity index (χ1n) is 6.97. The molecular formula is C15H21BO3. The third-order valence-corrected chi connectivity index (χ3v) is 4.76. The van der Waals surface area contributed by atoms with E-state index < -0.39 is 0 Å². The summed E-state index contributed by atoms with van der Waals surface area (Å²) in [4.78, 5) is 0. The summed E-state index contributed by atoms with van der Waals surface area (Å²) < 4.78 is 12.2. The van der Waals surface area contributed by atoms with Crippen LogP contribution in [-0.2, 0) is 15.7 Å². The van der Waals surface area contributed by atoms with Gasteiger partial charge in [-0.1, -0.05) is 18.2 Å². The summed E-state index contributed by atoms with van der Waals surface area (Å²) in [5, 5.41) is 10.2. The average Bonchev–Trinajstić information content (AvgIpc) is 2.78. The maximum atomic E-state index is 10.2. The fraction of sp³-hybridized carbons (Fsp3) is 0.600. The second-order valence-electron chi connectivity index (χ2n) is 6.56. The lowest BCUT2D eigenvalue weighted by Crippen LogP contribution is -2.41. The zero-order chi connectivity index (χ0) is 13.8. The molecule has 1 saturated heterocycles. The first-order valence-corrected chi connectivity index (χ1v) is 6.97. The van der Waals surface area contributed by atoms with E-state index in [4.69, 9.17) is 9.31 Å². The van der Waals surface area contributed by atoms with Crippen molar-refractivity contribution in [2.45, 2.75) is 57.8 Å². The van der Waals surface area contributed by atoms with E-state index in [1.807, 2.05) is 39.8 Å². The third-order valence-electron chi connectivity index (χ3n) is 4.76. The minimum absolute atomic E-state index is 0.343. The zero-order valence-corrected chi connectivity index (χ0v) is 12.1. The minimum Gasteiger partial charge on any atom is -0.399 e. The van der Waals surface area contributed by atoms with Gasteiger partial charge in [-0.15, -0.1) is 0 Å². The van der Waals surface area contributed by atoms with Crippen LogP contribution < -0.4 is 5.46 Å². The molecule has 1 heterocycles. The first kappa shape index (κ1) is 13.2. The normalized spacial score (nSPS) is 27.6. The van der Waals surface area contributed by atoms with Gasteiger partial charge in [0.1, 0.15) is 0 Å². The van der Waals surface area contributed by atoms with Crippen LogP contribution in [0.3, 0.4) is 0 Å². The fourth-order valence-electron chi connectivity index (χ4n) is 2.87. The minimum atomic E-state index is -0.384. The van der Waals surface area contributed by atoms with E-state index in [0.29, 0.717) is 0 Å². The van der Waals surface area contributed by atoms with Crippen molar-refractivity contribution in [1.82, 2.24) is 0 Å². The Morgan fingerprint density at radius 2 is 1.79 bits per heavy atom. The Balaban J connectivity index is 2.00. The zero-order valence-electron chi connectivity index (χ0n) is 12.1. The van der Waals surface area contributed by atoms with Gasteiger partial charge in [0.15, 0.2) is 0 Å². The van der Waals surface area contributed by atoms with Crippen LogP contribution in [0.2, 0.25) is 0 Å². The summed E-state index contributed by atoms with van der Waals surface area (Å²) in [5.41, 5.74) is 2.54. The molecule has 0 amide bonds. The summed E-state index contributed by atoms with van der Waals surface area (Å²) in [6, 6.07) is 6.12. The van der Waals surface area contributed by atoms with Crippen molar-refractivity contribution in [2.24, 2.45) is 0 Å². The fourth-order valence-corrected chi connectivity index (χ4v) is 2.87. The molecule has 3 rings (SSSR count). The van der Waals surface area contributed by atoms with Crippen LogP contribution in [0.4, 0.5) is 0 Å². The van der Waals surface area contributed by atoms with Crippen LogP contribution in [0.1, 0.15) is 51.3 Å². The Bertz CT molecular complexity index is 494. The number of benzene rings is 1. The van der Waals surface area contributed by atoms with Gasteiger partial charge in [-0.2, -0.15) is 0 Å². The van der Waals surface area contributed by atoms with Crippen LogP contribution in [0, 0.1) is 0 Å². The van der Waals surface area contributed by atoms with Crippen molar-refractivity contribution >= 4 is 12.6 Å². The Labute approximate surface area is 115 Å². The molecule has 2 aliphatic rings. The van der Waals surface area contributed by atoms with E-state index in [-0.39, 0.29) is 24.4 Å². The maximum absolute atomic E-state index is 10.2. The van der Waals surface area contributed by atoms with Gasteiger partial charge >= 0.3 is 7.12 Å². The Kier molecular flexibility index (Phi) is 2.82. The molecule has 0 aromatic heterocycles. The summed E-state index contributed by atoms with van der Waals surface area (Å²) in [6.45, 7) is 8.19. The number of hydrogen-bond acceptors (Lipinski definition) is 3. The lowest BCUT2D eigenvalue weighted by atomic mass is 9.74. The molecule has 3 nitrogen and oxygen atoms in total. The van der Waals surface area contributed by atoms with Gasteiger partial charge < -0.3 is 14.4 Å². The Morgan fingerprint density at radius 3 is 2.42 bits per heavy atom. The third kappa shape index (κ3) is 1.94. The number of aryl methyl sites for hydroxylation is 1. The van der Waals surface area contributed by atoms with Gasteiger partial charge in [-0.3, -0.25) is 0 Å². The first-order chi connectivity index (χ1) is 8.82. The van der Waals surface area contributed by atoms with Crippen molar-refractivity contribution in [1.29, 1.82) is 0 Å². The lowest BCUT2D eigenvalue weighted by molar-refractivity contribution is 0.00578. The highest BCUT2D eigenvalue weighted by molar-refractivity contribution is 6.62. The summed E-state index contributed by atoms with van der Waals surface area (Å²) in [6.07, 6.45) is 1.35. The quantitative estimate of drug-likeness (QED) is 0.784. The Hall–Kier alpha value is -0.835. The van der Waals surface area contributed by atoms with Crippen LogP contribution >= 0.6 is 0 Å². The van der Waals surface area contributed by atoms with E-state index >= 15 is 0 Å². The summed E-state index contributed by atoms with van der Waals surface area (Å²) >= 11 is 0. The van der Waals surface area contributed by atoms with Crippen molar-refractivity contribution in [3.05, 3.63) is 29.3 Å². The highest BCUT2D eigenvalue weighted by Gasteiger charge is 2.52. The average molecular weight is 260 g/mol. The van der Waals surface area contributed by atoms with E-state index in [1.165, 1.54) is 5.56 Å². The molecule has 1 aliphatic carbocycles. The monoisotopic (exact) mass is 260 g/mol. The van der Waals surface area contributed by atoms with Crippen LogP contribution in [0.25, 0.3) is 0 Å². The number of hydrogen-bond donors (Lipinski definition) is 1. The van der Waals surface area contributed by atoms with E-state index in [2.05, 4.69) is 6.07 Å². The van der Waals surface area contributed by atoms with E-state index in [1.54, 1.807) is 0 Å². The van der Waals surface area contributed by atoms with Gasteiger partial charge in [0.25, 0.3) is 0 Å². The summed E-state index contributed by atoms with van der Waals surface area (Å²) in [5.74, 6) is 0. The molecule has 0 spiro atoms. The largest absolute Gasteiger partial charge is 0.495 e. The molecule has 1 atom stereocenters. The van der Waals surface area contributed by atoms with Crippen LogP contribution in [0.5, 0.6) is 0 Å². The predicted molar refractivity (Wildman–Crippen MR) is 75.4 cm³/mol. The van der Waals surface area contributed by atoms with Crippen molar-refractivity contribution < 1.29 is 14.4 Å². The number of rotatable bonds is 1. The molecule has 19 heavy (non-hydrogen) atoms. The van der Waals surface area contributed by atoms with Crippen molar-refractivity contribution in [3.8, 4) is 0 Å². The molecule has 1 aliphatic heterocycles. The molecule has 102 valence electrons. The SMILES string of the molecule is CC1(C)OB(c2cccc3c2C(O)CC3)OC1(C)C. The summed E-state index contributed by atoms with van der Waals surface area (Å²) in [7, 11) is -0.382. The van der Waals surface area contributed by atoms with Gasteiger partial charge in [-0.05, 0) is 57.1 Å².